The van der Waals surface area contributed by atoms with Gasteiger partial charge in [-0.05, 0) is 42.2 Å². The van der Waals surface area contributed by atoms with E-state index in [1.165, 1.54) is 43.5 Å². The van der Waals surface area contributed by atoms with Crippen LogP contribution < -0.4 is 0 Å². The molecule has 0 aliphatic heterocycles. The normalized spacial score (nSPS) is 11.2. The Balaban J connectivity index is 1.66. The van der Waals surface area contributed by atoms with Gasteiger partial charge >= 0.3 is 0 Å². The minimum absolute atomic E-state index is 0.277. The Morgan fingerprint density at radius 1 is 0.733 bits per heavy atom. The summed E-state index contributed by atoms with van der Waals surface area (Å²) >= 11 is 0. The Kier molecular flexibility index (Phi) is 6.18. The number of pyridine rings is 1. The zero-order valence-corrected chi connectivity index (χ0v) is 17.2. The summed E-state index contributed by atoms with van der Waals surface area (Å²) < 4.78 is 28.8. The molecule has 0 N–H and O–H groups in total. The van der Waals surface area contributed by atoms with Gasteiger partial charge in [0.25, 0.3) is 0 Å². The molecule has 0 unspecified atom stereocenters. The summed E-state index contributed by atoms with van der Waals surface area (Å²) in [4.78, 5) is 4.31. The third kappa shape index (κ3) is 4.25. The van der Waals surface area contributed by atoms with Crippen LogP contribution in [0, 0.1) is 11.6 Å². The topological polar surface area (TPSA) is 12.9 Å². The van der Waals surface area contributed by atoms with Gasteiger partial charge in [0, 0.05) is 21.9 Å². The molecule has 152 valence electrons. The van der Waals surface area contributed by atoms with Crippen molar-refractivity contribution >= 4 is 10.8 Å². The summed E-state index contributed by atoms with van der Waals surface area (Å²) in [5.41, 5.74) is 4.06. The molecule has 0 fully saturated rings. The van der Waals surface area contributed by atoms with Crippen LogP contribution in [-0.2, 0) is 6.42 Å². The number of unbranched alkanes of at least 4 members (excludes halogenated alkanes) is 3. The van der Waals surface area contributed by atoms with Crippen LogP contribution in [0.3, 0.4) is 0 Å². The van der Waals surface area contributed by atoms with E-state index in [1.807, 2.05) is 24.3 Å². The molecule has 30 heavy (non-hydrogen) atoms. The van der Waals surface area contributed by atoms with Crippen molar-refractivity contribution in [1.29, 1.82) is 0 Å². The molecule has 4 aromatic rings. The molecular weight excluding hydrogens is 376 g/mol. The SMILES string of the molecule is CCCCCCc1ccc(-c2cc(-c3ncc(F)c4ccccc34)ccc2F)cc1. The van der Waals surface area contributed by atoms with Crippen LogP contribution in [-0.4, -0.2) is 4.98 Å². The summed E-state index contributed by atoms with van der Waals surface area (Å²) in [6.45, 7) is 2.21. The number of aromatic nitrogens is 1. The summed E-state index contributed by atoms with van der Waals surface area (Å²) in [6.07, 6.45) is 7.20. The molecular formula is C27H25F2N. The van der Waals surface area contributed by atoms with E-state index in [0.29, 0.717) is 16.6 Å². The highest BCUT2D eigenvalue weighted by atomic mass is 19.1. The molecule has 1 aromatic heterocycles. The third-order valence-corrected chi connectivity index (χ3v) is 5.57. The second-order valence-electron chi connectivity index (χ2n) is 7.70. The van der Waals surface area contributed by atoms with Crippen molar-refractivity contribution in [2.24, 2.45) is 0 Å². The smallest absolute Gasteiger partial charge is 0.149 e. The number of hydrogen-bond acceptors (Lipinski definition) is 1. The van der Waals surface area contributed by atoms with Gasteiger partial charge in [-0.2, -0.15) is 0 Å². The van der Waals surface area contributed by atoms with Crippen LogP contribution in [0.15, 0.2) is 72.9 Å². The molecule has 0 bridgehead atoms. The molecule has 0 aliphatic rings. The fourth-order valence-electron chi connectivity index (χ4n) is 3.89. The van der Waals surface area contributed by atoms with E-state index in [0.717, 1.165) is 22.9 Å². The maximum atomic E-state index is 14.7. The molecule has 0 spiro atoms. The van der Waals surface area contributed by atoms with E-state index < -0.39 is 0 Å². The first-order valence-electron chi connectivity index (χ1n) is 10.6. The second kappa shape index (κ2) is 9.17. The van der Waals surface area contributed by atoms with Crippen LogP contribution in [0.5, 0.6) is 0 Å². The Morgan fingerprint density at radius 2 is 1.47 bits per heavy atom. The third-order valence-electron chi connectivity index (χ3n) is 5.57. The van der Waals surface area contributed by atoms with Crippen molar-refractivity contribution in [3.05, 3.63) is 90.1 Å². The van der Waals surface area contributed by atoms with Crippen molar-refractivity contribution < 1.29 is 8.78 Å². The van der Waals surface area contributed by atoms with Gasteiger partial charge in [0.05, 0.1) is 11.9 Å². The van der Waals surface area contributed by atoms with Gasteiger partial charge in [-0.25, -0.2) is 8.78 Å². The Hall–Kier alpha value is -3.07. The molecule has 1 nitrogen and oxygen atoms in total. The van der Waals surface area contributed by atoms with Gasteiger partial charge < -0.3 is 0 Å². The molecule has 0 aliphatic carbocycles. The van der Waals surface area contributed by atoms with Crippen molar-refractivity contribution in [3.63, 3.8) is 0 Å². The largest absolute Gasteiger partial charge is 0.253 e. The van der Waals surface area contributed by atoms with E-state index in [2.05, 4.69) is 24.0 Å². The Labute approximate surface area is 176 Å². The van der Waals surface area contributed by atoms with Crippen molar-refractivity contribution in [2.75, 3.05) is 0 Å². The van der Waals surface area contributed by atoms with E-state index in [4.69, 9.17) is 0 Å². The lowest BCUT2D eigenvalue weighted by molar-refractivity contribution is 0.631. The maximum absolute atomic E-state index is 14.7. The average Bonchev–Trinajstić information content (AvgIpc) is 2.78. The van der Waals surface area contributed by atoms with E-state index in [-0.39, 0.29) is 11.6 Å². The number of halogens is 2. The molecule has 0 atom stereocenters. The Morgan fingerprint density at radius 3 is 2.23 bits per heavy atom. The van der Waals surface area contributed by atoms with E-state index >= 15 is 0 Å². The highest BCUT2D eigenvalue weighted by molar-refractivity contribution is 5.95. The van der Waals surface area contributed by atoms with Crippen LogP contribution in [0.1, 0.15) is 38.2 Å². The Bertz CT molecular complexity index is 1150. The lowest BCUT2D eigenvalue weighted by Crippen LogP contribution is -1.92. The van der Waals surface area contributed by atoms with Gasteiger partial charge in [0.1, 0.15) is 11.6 Å². The minimum Gasteiger partial charge on any atom is -0.253 e. The van der Waals surface area contributed by atoms with E-state index in [1.54, 1.807) is 24.3 Å². The van der Waals surface area contributed by atoms with E-state index in [9.17, 15) is 8.78 Å². The van der Waals surface area contributed by atoms with Gasteiger partial charge in [-0.1, -0.05) is 74.7 Å². The summed E-state index contributed by atoms with van der Waals surface area (Å²) in [6, 6.07) is 20.3. The first-order valence-corrected chi connectivity index (χ1v) is 10.6. The molecule has 0 radical (unpaired) electrons. The molecule has 3 heteroatoms. The predicted molar refractivity (Wildman–Crippen MR) is 120 cm³/mol. The van der Waals surface area contributed by atoms with Gasteiger partial charge in [0.15, 0.2) is 0 Å². The van der Waals surface area contributed by atoms with Crippen LogP contribution in [0.2, 0.25) is 0 Å². The zero-order chi connectivity index (χ0) is 20.9. The lowest BCUT2D eigenvalue weighted by Gasteiger charge is -2.10. The first kappa shape index (κ1) is 20.2. The van der Waals surface area contributed by atoms with Crippen molar-refractivity contribution in [2.45, 2.75) is 39.0 Å². The molecule has 0 amide bonds. The highest BCUT2D eigenvalue weighted by Crippen LogP contribution is 2.32. The van der Waals surface area contributed by atoms with Crippen molar-refractivity contribution in [1.82, 2.24) is 4.98 Å². The summed E-state index contributed by atoms with van der Waals surface area (Å²) in [5.74, 6) is -0.632. The lowest BCUT2D eigenvalue weighted by atomic mass is 9.97. The van der Waals surface area contributed by atoms with Crippen LogP contribution in [0.4, 0.5) is 8.78 Å². The fourth-order valence-corrected chi connectivity index (χ4v) is 3.89. The fraction of sp³-hybridized carbons (Fsp3) is 0.222. The molecule has 4 rings (SSSR count). The molecule has 3 aromatic carbocycles. The number of rotatable bonds is 7. The number of hydrogen-bond donors (Lipinski definition) is 0. The molecule has 0 saturated heterocycles. The van der Waals surface area contributed by atoms with Crippen molar-refractivity contribution in [3.8, 4) is 22.4 Å². The quantitative estimate of drug-likeness (QED) is 0.286. The number of nitrogens with zero attached hydrogens (tertiary/aromatic N) is 1. The summed E-state index contributed by atoms with van der Waals surface area (Å²) in [5, 5.41) is 1.23. The highest BCUT2D eigenvalue weighted by Gasteiger charge is 2.12. The maximum Gasteiger partial charge on any atom is 0.149 e. The van der Waals surface area contributed by atoms with Gasteiger partial charge in [-0.3, -0.25) is 4.98 Å². The predicted octanol–water partition coefficient (Wildman–Crippen LogP) is 7.97. The average molecular weight is 402 g/mol. The van der Waals surface area contributed by atoms with Gasteiger partial charge in [-0.15, -0.1) is 0 Å². The summed E-state index contributed by atoms with van der Waals surface area (Å²) in [7, 11) is 0. The monoisotopic (exact) mass is 401 g/mol. The number of aryl methyl sites for hydroxylation is 1. The zero-order valence-electron chi connectivity index (χ0n) is 17.2. The van der Waals surface area contributed by atoms with Crippen LogP contribution >= 0.6 is 0 Å². The van der Waals surface area contributed by atoms with Gasteiger partial charge in [0.2, 0.25) is 0 Å². The molecule has 1 heterocycles. The number of benzene rings is 3. The van der Waals surface area contributed by atoms with Crippen LogP contribution in [0.25, 0.3) is 33.2 Å². The first-order chi connectivity index (χ1) is 14.7. The standard InChI is InChI=1S/C27H25F2N/c1-2-3-4-5-8-19-11-13-20(14-12-19)24-17-21(15-16-25(24)28)27-23-10-7-6-9-22(23)26(29)18-30-27/h6-7,9-18H,2-5,8H2,1H3. The number of fused-ring (bicyclic) bond motifs is 1. The second-order valence-corrected chi connectivity index (χ2v) is 7.70. The molecule has 0 saturated carbocycles. The minimum atomic E-state index is -0.355.